The van der Waals surface area contributed by atoms with E-state index in [2.05, 4.69) is 10.1 Å². The number of esters is 1. The molecule has 2 aromatic heterocycles. The van der Waals surface area contributed by atoms with Gasteiger partial charge in [0.1, 0.15) is 35.1 Å². The van der Waals surface area contributed by atoms with Gasteiger partial charge in [-0.2, -0.15) is 0 Å². The number of hydrogen-bond acceptors (Lipinski definition) is 6. The van der Waals surface area contributed by atoms with Gasteiger partial charge >= 0.3 is 5.97 Å². The molecule has 4 aromatic rings. The largest absolute Gasteiger partial charge is 0.455 e. The first kappa shape index (κ1) is 17.7. The first-order valence-electron chi connectivity index (χ1n) is 8.84. The summed E-state index contributed by atoms with van der Waals surface area (Å²) in [5, 5.41) is 4.01. The third kappa shape index (κ3) is 3.44. The van der Waals surface area contributed by atoms with Crippen molar-refractivity contribution in [1.82, 2.24) is 10.1 Å². The number of carbonyl (C=O) groups is 1. The molecule has 0 radical (unpaired) electrons. The molecule has 140 valence electrons. The number of ether oxygens (including phenoxy) is 1. The summed E-state index contributed by atoms with van der Waals surface area (Å²) < 4.78 is 16.4. The van der Waals surface area contributed by atoms with Crippen LogP contribution in [0.5, 0.6) is 0 Å². The number of aromatic nitrogens is 2. The Labute approximate surface area is 161 Å². The van der Waals surface area contributed by atoms with Crippen molar-refractivity contribution in [3.8, 4) is 22.7 Å². The molecule has 28 heavy (non-hydrogen) atoms. The summed E-state index contributed by atoms with van der Waals surface area (Å²) in [5.74, 6) is 0.999. The van der Waals surface area contributed by atoms with Gasteiger partial charge in [0, 0.05) is 11.1 Å². The SMILES string of the molecule is Cc1oc(-c2ccccc2)nc1COC(=O)c1c(-c2ccccc2)noc1C. The molecular weight excluding hydrogens is 356 g/mol. The molecule has 2 aromatic carbocycles. The van der Waals surface area contributed by atoms with Gasteiger partial charge in [-0.25, -0.2) is 9.78 Å². The van der Waals surface area contributed by atoms with Crippen LogP contribution in [0.1, 0.15) is 27.6 Å². The van der Waals surface area contributed by atoms with Crippen molar-refractivity contribution >= 4 is 5.97 Å². The van der Waals surface area contributed by atoms with E-state index in [0.717, 1.165) is 11.1 Å². The van der Waals surface area contributed by atoms with Crippen LogP contribution in [0.3, 0.4) is 0 Å². The monoisotopic (exact) mass is 374 g/mol. The van der Waals surface area contributed by atoms with Crippen LogP contribution in [-0.2, 0) is 11.3 Å². The molecular formula is C22H18N2O4. The fraction of sp³-hybridized carbons (Fsp3) is 0.136. The van der Waals surface area contributed by atoms with Gasteiger partial charge in [-0.15, -0.1) is 0 Å². The van der Waals surface area contributed by atoms with E-state index in [9.17, 15) is 4.79 Å². The van der Waals surface area contributed by atoms with Crippen LogP contribution in [0.4, 0.5) is 0 Å². The fourth-order valence-electron chi connectivity index (χ4n) is 2.88. The molecule has 2 heterocycles. The van der Waals surface area contributed by atoms with E-state index in [1.165, 1.54) is 0 Å². The van der Waals surface area contributed by atoms with Crippen molar-refractivity contribution in [1.29, 1.82) is 0 Å². The highest BCUT2D eigenvalue weighted by Gasteiger charge is 2.23. The maximum Gasteiger partial charge on any atom is 0.344 e. The Morgan fingerprint density at radius 3 is 2.25 bits per heavy atom. The van der Waals surface area contributed by atoms with Crippen molar-refractivity contribution in [2.24, 2.45) is 0 Å². The Morgan fingerprint density at radius 1 is 0.929 bits per heavy atom. The van der Waals surface area contributed by atoms with Crippen molar-refractivity contribution in [3.63, 3.8) is 0 Å². The molecule has 0 aliphatic heterocycles. The predicted octanol–water partition coefficient (Wildman–Crippen LogP) is 4.97. The Kier molecular flexibility index (Phi) is 4.76. The van der Waals surface area contributed by atoms with Crippen LogP contribution in [0.2, 0.25) is 0 Å². The van der Waals surface area contributed by atoms with Crippen molar-refractivity contribution < 1.29 is 18.5 Å². The minimum atomic E-state index is -0.513. The number of aryl methyl sites for hydroxylation is 2. The first-order chi connectivity index (χ1) is 13.6. The van der Waals surface area contributed by atoms with Gasteiger partial charge in [-0.05, 0) is 26.0 Å². The van der Waals surface area contributed by atoms with E-state index >= 15 is 0 Å². The lowest BCUT2D eigenvalue weighted by atomic mass is 10.1. The predicted molar refractivity (Wildman–Crippen MR) is 102 cm³/mol. The number of hydrogen-bond donors (Lipinski definition) is 0. The maximum absolute atomic E-state index is 12.7. The third-order valence-electron chi connectivity index (χ3n) is 4.37. The average molecular weight is 374 g/mol. The number of nitrogens with zero attached hydrogens (tertiary/aromatic N) is 2. The zero-order valence-electron chi connectivity index (χ0n) is 15.5. The summed E-state index contributed by atoms with van der Waals surface area (Å²) in [6.07, 6.45) is 0. The molecule has 0 saturated carbocycles. The molecule has 6 heteroatoms. The van der Waals surface area contributed by atoms with Crippen LogP contribution in [0.15, 0.2) is 69.6 Å². The standard InChI is InChI=1S/C22H18N2O4/c1-14-18(23-21(27-14)17-11-7-4-8-12-17)13-26-22(25)19-15(2)28-24-20(19)16-9-5-3-6-10-16/h3-12H,13H2,1-2H3. The van der Waals surface area contributed by atoms with E-state index < -0.39 is 5.97 Å². The molecule has 0 saturated heterocycles. The summed E-state index contributed by atoms with van der Waals surface area (Å²) in [4.78, 5) is 17.2. The Hall–Kier alpha value is -3.67. The zero-order chi connectivity index (χ0) is 19.5. The second kappa shape index (κ2) is 7.52. The minimum Gasteiger partial charge on any atom is -0.455 e. The summed E-state index contributed by atoms with van der Waals surface area (Å²) in [6.45, 7) is 3.48. The molecule has 0 aliphatic carbocycles. The Morgan fingerprint density at radius 2 is 1.57 bits per heavy atom. The van der Waals surface area contributed by atoms with Gasteiger partial charge in [0.25, 0.3) is 0 Å². The summed E-state index contributed by atoms with van der Waals surface area (Å²) >= 11 is 0. The third-order valence-corrected chi connectivity index (χ3v) is 4.37. The number of oxazole rings is 1. The van der Waals surface area contributed by atoms with E-state index in [1.54, 1.807) is 13.8 Å². The van der Waals surface area contributed by atoms with Gasteiger partial charge in [0.2, 0.25) is 5.89 Å². The molecule has 0 bridgehead atoms. The molecule has 4 rings (SSSR count). The molecule has 0 N–H and O–H groups in total. The Bertz CT molecular complexity index is 1100. The number of rotatable bonds is 5. The first-order valence-corrected chi connectivity index (χ1v) is 8.84. The summed E-state index contributed by atoms with van der Waals surface area (Å²) in [7, 11) is 0. The molecule has 0 unspecified atom stereocenters. The van der Waals surface area contributed by atoms with Crippen LogP contribution >= 0.6 is 0 Å². The minimum absolute atomic E-state index is 0.000149. The molecule has 0 fully saturated rings. The quantitative estimate of drug-likeness (QED) is 0.459. The number of carbonyl (C=O) groups excluding carboxylic acids is 1. The fourth-order valence-corrected chi connectivity index (χ4v) is 2.88. The molecule has 0 atom stereocenters. The molecule has 0 aliphatic rings. The van der Waals surface area contributed by atoms with Gasteiger partial charge in [0.05, 0.1) is 0 Å². The normalized spacial score (nSPS) is 10.8. The average Bonchev–Trinajstić information content (AvgIpc) is 3.30. The van der Waals surface area contributed by atoms with Crippen LogP contribution in [0, 0.1) is 13.8 Å². The summed E-state index contributed by atoms with van der Waals surface area (Å²) in [6, 6.07) is 18.9. The highest BCUT2D eigenvalue weighted by molar-refractivity contribution is 5.97. The van der Waals surface area contributed by atoms with Crippen LogP contribution in [0.25, 0.3) is 22.7 Å². The highest BCUT2D eigenvalue weighted by atomic mass is 16.5. The molecule has 0 spiro atoms. The van der Waals surface area contributed by atoms with E-state index in [1.807, 2.05) is 60.7 Å². The van der Waals surface area contributed by atoms with Gasteiger partial charge in [-0.1, -0.05) is 53.7 Å². The van der Waals surface area contributed by atoms with E-state index in [0.29, 0.717) is 34.4 Å². The van der Waals surface area contributed by atoms with Crippen LogP contribution in [-0.4, -0.2) is 16.1 Å². The second-order valence-corrected chi connectivity index (χ2v) is 6.29. The smallest absolute Gasteiger partial charge is 0.344 e. The highest BCUT2D eigenvalue weighted by Crippen LogP contribution is 2.27. The topological polar surface area (TPSA) is 78.4 Å². The lowest BCUT2D eigenvalue weighted by molar-refractivity contribution is 0.0465. The van der Waals surface area contributed by atoms with Crippen molar-refractivity contribution in [2.75, 3.05) is 0 Å². The summed E-state index contributed by atoms with van der Waals surface area (Å²) in [5.41, 5.74) is 3.00. The van der Waals surface area contributed by atoms with E-state index in [-0.39, 0.29) is 6.61 Å². The van der Waals surface area contributed by atoms with Crippen molar-refractivity contribution in [3.05, 3.63) is 83.4 Å². The maximum atomic E-state index is 12.7. The lowest BCUT2D eigenvalue weighted by Crippen LogP contribution is -2.08. The Balaban J connectivity index is 1.53. The second-order valence-electron chi connectivity index (χ2n) is 6.29. The van der Waals surface area contributed by atoms with Crippen molar-refractivity contribution in [2.45, 2.75) is 20.5 Å². The van der Waals surface area contributed by atoms with E-state index in [4.69, 9.17) is 13.7 Å². The zero-order valence-corrected chi connectivity index (χ0v) is 15.5. The van der Waals surface area contributed by atoms with Crippen LogP contribution < -0.4 is 0 Å². The molecule has 6 nitrogen and oxygen atoms in total. The lowest BCUT2D eigenvalue weighted by Gasteiger charge is -2.04. The van der Waals surface area contributed by atoms with Gasteiger partial charge < -0.3 is 13.7 Å². The van der Waals surface area contributed by atoms with Gasteiger partial charge in [0.15, 0.2) is 0 Å². The molecule has 0 amide bonds. The van der Waals surface area contributed by atoms with Gasteiger partial charge in [-0.3, -0.25) is 0 Å². The number of benzene rings is 2.